The molecular formula is C16H18N4. The van der Waals surface area contributed by atoms with E-state index in [2.05, 4.69) is 27.5 Å². The zero-order chi connectivity index (χ0) is 13.5. The van der Waals surface area contributed by atoms with Crippen molar-refractivity contribution < 1.29 is 0 Å². The molecule has 2 heterocycles. The van der Waals surface area contributed by atoms with Gasteiger partial charge >= 0.3 is 0 Å². The number of H-pyrrole nitrogens is 1. The van der Waals surface area contributed by atoms with Gasteiger partial charge in [-0.1, -0.05) is 0 Å². The van der Waals surface area contributed by atoms with Gasteiger partial charge in [-0.05, 0) is 30.2 Å². The molecule has 102 valence electrons. The molecule has 4 nitrogen and oxygen atoms in total. The molecule has 1 aliphatic heterocycles. The van der Waals surface area contributed by atoms with Crippen molar-refractivity contribution in [3.63, 3.8) is 0 Å². The first kappa shape index (κ1) is 12.0. The molecule has 20 heavy (non-hydrogen) atoms. The lowest BCUT2D eigenvalue weighted by Crippen LogP contribution is -2.44. The molecule has 2 N–H and O–H groups in total. The Morgan fingerprint density at radius 1 is 1.25 bits per heavy atom. The second-order valence-electron chi connectivity index (χ2n) is 5.81. The molecule has 2 fully saturated rings. The van der Waals surface area contributed by atoms with Crippen LogP contribution in [-0.2, 0) is 0 Å². The maximum absolute atomic E-state index is 9.06. The van der Waals surface area contributed by atoms with Crippen LogP contribution in [0.1, 0.15) is 23.5 Å². The minimum atomic E-state index is 0.635. The number of nitrogens with zero attached hydrogens (tertiary/aromatic N) is 2. The van der Waals surface area contributed by atoms with Gasteiger partial charge in [0.2, 0.25) is 0 Å². The minimum absolute atomic E-state index is 0.635. The third kappa shape index (κ3) is 1.91. The van der Waals surface area contributed by atoms with Gasteiger partial charge < -0.3 is 10.3 Å². The highest BCUT2D eigenvalue weighted by Gasteiger charge is 2.43. The number of aromatic nitrogens is 1. The van der Waals surface area contributed by atoms with E-state index in [1.807, 2.05) is 18.2 Å². The van der Waals surface area contributed by atoms with Crippen LogP contribution in [0.4, 0.5) is 0 Å². The highest BCUT2D eigenvalue weighted by atomic mass is 15.2. The van der Waals surface area contributed by atoms with Crippen LogP contribution in [0.25, 0.3) is 10.9 Å². The molecule has 1 aliphatic carbocycles. The maximum atomic E-state index is 9.06. The van der Waals surface area contributed by atoms with Crippen molar-refractivity contribution in [3.05, 3.63) is 35.5 Å². The number of aromatic amines is 1. The molecule has 4 heteroatoms. The summed E-state index contributed by atoms with van der Waals surface area (Å²) in [6.07, 6.45) is 3.39. The Kier molecular flexibility index (Phi) is 2.76. The largest absolute Gasteiger partial charge is 0.361 e. The number of hydrogen-bond acceptors (Lipinski definition) is 3. The van der Waals surface area contributed by atoms with Gasteiger partial charge in [0.25, 0.3) is 0 Å². The van der Waals surface area contributed by atoms with Gasteiger partial charge in [-0.3, -0.25) is 4.90 Å². The lowest BCUT2D eigenvalue weighted by Gasteiger charge is -2.27. The predicted octanol–water partition coefficient (Wildman–Crippen LogP) is 1.80. The SMILES string of the molecule is N#Cc1ccc2[nH]cc([C@@H]3C[C@H]3N3CCNCC3)c2c1. The number of benzene rings is 1. The summed E-state index contributed by atoms with van der Waals surface area (Å²) in [4.78, 5) is 5.95. The predicted molar refractivity (Wildman–Crippen MR) is 78.6 cm³/mol. The molecule has 0 radical (unpaired) electrons. The van der Waals surface area contributed by atoms with Crippen molar-refractivity contribution in [2.75, 3.05) is 26.2 Å². The first-order valence-corrected chi connectivity index (χ1v) is 7.33. The van der Waals surface area contributed by atoms with Gasteiger partial charge in [-0.15, -0.1) is 0 Å². The number of rotatable bonds is 2. The number of nitriles is 1. The van der Waals surface area contributed by atoms with E-state index in [-0.39, 0.29) is 0 Å². The van der Waals surface area contributed by atoms with Crippen molar-refractivity contribution in [2.45, 2.75) is 18.4 Å². The van der Waals surface area contributed by atoms with Crippen LogP contribution in [0.3, 0.4) is 0 Å². The zero-order valence-corrected chi connectivity index (χ0v) is 11.4. The summed E-state index contributed by atoms with van der Waals surface area (Å²) in [6, 6.07) is 8.85. The van der Waals surface area contributed by atoms with Crippen molar-refractivity contribution in [1.29, 1.82) is 5.26 Å². The molecule has 1 saturated carbocycles. The summed E-state index contributed by atoms with van der Waals surface area (Å²) in [7, 11) is 0. The molecule has 1 aromatic carbocycles. The van der Waals surface area contributed by atoms with Crippen LogP contribution in [0.2, 0.25) is 0 Å². The average molecular weight is 266 g/mol. The highest BCUT2D eigenvalue weighted by molar-refractivity contribution is 5.85. The number of hydrogen-bond donors (Lipinski definition) is 2. The first-order valence-electron chi connectivity index (χ1n) is 7.33. The lowest BCUT2D eigenvalue weighted by molar-refractivity contribution is 0.228. The third-order valence-electron chi connectivity index (χ3n) is 4.62. The van der Waals surface area contributed by atoms with E-state index in [4.69, 9.17) is 5.26 Å². The van der Waals surface area contributed by atoms with E-state index in [1.165, 1.54) is 17.4 Å². The molecule has 1 saturated heterocycles. The molecule has 0 amide bonds. The molecule has 0 spiro atoms. The van der Waals surface area contributed by atoms with E-state index in [9.17, 15) is 0 Å². The molecule has 2 atom stereocenters. The van der Waals surface area contributed by atoms with Gasteiger partial charge in [0.1, 0.15) is 0 Å². The van der Waals surface area contributed by atoms with Gasteiger partial charge in [-0.25, -0.2) is 0 Å². The monoisotopic (exact) mass is 266 g/mol. The molecular weight excluding hydrogens is 248 g/mol. The summed E-state index contributed by atoms with van der Waals surface area (Å²) in [5.41, 5.74) is 3.28. The van der Waals surface area contributed by atoms with Crippen molar-refractivity contribution >= 4 is 10.9 Å². The summed E-state index contributed by atoms with van der Waals surface area (Å²) >= 11 is 0. The average Bonchev–Trinajstić information content (AvgIpc) is 3.20. The Labute approximate surface area is 118 Å². The van der Waals surface area contributed by atoms with Crippen LogP contribution in [-0.4, -0.2) is 42.1 Å². The Hall–Kier alpha value is -1.83. The smallest absolute Gasteiger partial charge is 0.0991 e. The van der Waals surface area contributed by atoms with Crippen LogP contribution in [0, 0.1) is 11.3 Å². The van der Waals surface area contributed by atoms with Crippen molar-refractivity contribution in [1.82, 2.24) is 15.2 Å². The van der Waals surface area contributed by atoms with Gasteiger partial charge in [0.05, 0.1) is 11.6 Å². The standard InChI is InChI=1S/C16H18N4/c17-9-11-1-2-15-12(7-11)14(10-19-15)13-8-16(13)20-5-3-18-4-6-20/h1-2,7,10,13,16,18-19H,3-6,8H2/t13-,16+/m0/s1. The van der Waals surface area contributed by atoms with E-state index in [0.29, 0.717) is 12.0 Å². The molecule has 1 aromatic heterocycles. The maximum Gasteiger partial charge on any atom is 0.0991 e. The second kappa shape index (κ2) is 4.62. The lowest BCUT2D eigenvalue weighted by atomic mass is 10.1. The van der Waals surface area contributed by atoms with E-state index >= 15 is 0 Å². The second-order valence-corrected chi connectivity index (χ2v) is 5.81. The fourth-order valence-electron chi connectivity index (χ4n) is 3.45. The fraction of sp³-hybridized carbons (Fsp3) is 0.438. The highest BCUT2D eigenvalue weighted by Crippen LogP contribution is 2.47. The Morgan fingerprint density at radius 2 is 2.10 bits per heavy atom. The fourth-order valence-corrected chi connectivity index (χ4v) is 3.45. The molecule has 0 bridgehead atoms. The first-order chi connectivity index (χ1) is 9.86. The van der Waals surface area contributed by atoms with Crippen LogP contribution >= 0.6 is 0 Å². The normalized spacial score (nSPS) is 26.6. The molecule has 2 aromatic rings. The van der Waals surface area contributed by atoms with Crippen molar-refractivity contribution in [2.24, 2.45) is 0 Å². The number of piperazine rings is 1. The summed E-state index contributed by atoms with van der Waals surface area (Å²) < 4.78 is 0. The minimum Gasteiger partial charge on any atom is -0.361 e. The van der Waals surface area contributed by atoms with E-state index < -0.39 is 0 Å². The summed E-state index contributed by atoms with van der Waals surface area (Å²) in [5, 5.41) is 13.7. The summed E-state index contributed by atoms with van der Waals surface area (Å²) in [6.45, 7) is 4.53. The van der Waals surface area contributed by atoms with Crippen molar-refractivity contribution in [3.8, 4) is 6.07 Å². The van der Waals surface area contributed by atoms with Crippen LogP contribution in [0.15, 0.2) is 24.4 Å². The van der Waals surface area contributed by atoms with Gasteiger partial charge in [0.15, 0.2) is 0 Å². The summed E-state index contributed by atoms with van der Waals surface area (Å²) in [5.74, 6) is 0.635. The topological polar surface area (TPSA) is 54.9 Å². The van der Waals surface area contributed by atoms with Gasteiger partial charge in [-0.2, -0.15) is 5.26 Å². The quantitative estimate of drug-likeness (QED) is 0.871. The number of nitrogens with one attached hydrogen (secondary N) is 2. The zero-order valence-electron chi connectivity index (χ0n) is 11.4. The third-order valence-corrected chi connectivity index (χ3v) is 4.62. The number of fused-ring (bicyclic) bond motifs is 1. The van der Waals surface area contributed by atoms with Gasteiger partial charge in [0, 0.05) is 55.2 Å². The Bertz CT molecular complexity index is 675. The molecule has 0 unspecified atom stereocenters. The molecule has 4 rings (SSSR count). The Morgan fingerprint density at radius 3 is 2.90 bits per heavy atom. The van der Waals surface area contributed by atoms with Crippen LogP contribution < -0.4 is 5.32 Å². The molecule has 2 aliphatic rings. The van der Waals surface area contributed by atoms with E-state index in [0.717, 1.165) is 37.3 Å². The Balaban J connectivity index is 1.62. The van der Waals surface area contributed by atoms with Crippen LogP contribution in [0.5, 0.6) is 0 Å². The van der Waals surface area contributed by atoms with E-state index in [1.54, 1.807) is 0 Å².